The van der Waals surface area contributed by atoms with E-state index in [1.807, 2.05) is 0 Å². The van der Waals surface area contributed by atoms with Crippen LogP contribution in [0.4, 0.5) is 0 Å². The van der Waals surface area contributed by atoms with Gasteiger partial charge in [-0.3, -0.25) is 23.4 Å². The SMILES string of the molecule is CCCCCCCCCCCCCCCC(=O)OCC(COP(=O)(O)OC1C(OC2OC(CO)C(O)C(O)C2O)C(O)C(O)C(O)C1OC1OC(COC(=O)CCCCCCCCC(C)CCCCCCCC)C(O)C(O)C1O)OC(=O)CCCCCCCCCCCCCC. The summed E-state index contributed by atoms with van der Waals surface area (Å²) in [4.78, 5) is 51.0. The van der Waals surface area contributed by atoms with Gasteiger partial charge in [0.1, 0.15) is 98.7 Å². The van der Waals surface area contributed by atoms with Gasteiger partial charge >= 0.3 is 25.7 Å². The molecule has 2 heterocycles. The number of rotatable bonds is 58. The Morgan fingerprint density at radius 3 is 1.12 bits per heavy atom. The van der Waals surface area contributed by atoms with Crippen LogP contribution in [0.5, 0.6) is 0 Å². The molecule has 25 heteroatoms. The van der Waals surface area contributed by atoms with Crippen molar-refractivity contribution in [3.63, 3.8) is 0 Å². The van der Waals surface area contributed by atoms with E-state index in [1.165, 1.54) is 141 Å². The maximum Gasteiger partial charge on any atom is 0.472 e. The van der Waals surface area contributed by atoms with Gasteiger partial charge in [-0.1, -0.05) is 259 Å². The molecule has 19 atom stereocenters. The molecule has 11 N–H and O–H groups in total. The zero-order valence-corrected chi connectivity index (χ0v) is 60.0. The van der Waals surface area contributed by atoms with Crippen molar-refractivity contribution in [3.05, 3.63) is 0 Å². The Bertz CT molecular complexity index is 2010. The highest BCUT2D eigenvalue weighted by atomic mass is 31.2. The lowest BCUT2D eigenvalue weighted by molar-refractivity contribution is -0.360. The molecule has 566 valence electrons. The van der Waals surface area contributed by atoms with Gasteiger partial charge in [0.05, 0.1) is 13.2 Å². The van der Waals surface area contributed by atoms with Crippen molar-refractivity contribution in [2.45, 2.75) is 402 Å². The number of esters is 3. The van der Waals surface area contributed by atoms with Crippen molar-refractivity contribution in [3.8, 4) is 0 Å². The molecule has 0 amide bonds. The van der Waals surface area contributed by atoms with Crippen LogP contribution >= 0.6 is 7.82 Å². The Kier molecular flexibility index (Phi) is 48.5. The summed E-state index contributed by atoms with van der Waals surface area (Å²) in [7, 11) is -5.69. The van der Waals surface area contributed by atoms with E-state index in [2.05, 4.69) is 27.7 Å². The molecule has 19 unspecified atom stereocenters. The monoisotopic (exact) mass is 1400 g/mol. The fourth-order valence-corrected chi connectivity index (χ4v) is 13.7. The Morgan fingerprint density at radius 2 is 0.729 bits per heavy atom. The third kappa shape index (κ3) is 36.2. The van der Waals surface area contributed by atoms with E-state index in [-0.39, 0.29) is 19.3 Å². The number of carbonyl (C=O) groups excluding carboxylic acids is 3. The summed E-state index contributed by atoms with van der Waals surface area (Å²) >= 11 is 0. The highest BCUT2D eigenvalue weighted by molar-refractivity contribution is 7.47. The van der Waals surface area contributed by atoms with Crippen molar-refractivity contribution in [2.24, 2.45) is 5.92 Å². The number of aliphatic hydroxyl groups is 10. The summed E-state index contributed by atoms with van der Waals surface area (Å²) in [6.07, 6.45) is 7.54. The number of ether oxygens (including phenoxy) is 7. The molecular formula is C71H133O24P. The molecular weight excluding hydrogens is 1270 g/mol. The smallest absolute Gasteiger partial charge is 0.463 e. The first kappa shape index (κ1) is 88.2. The standard InChI is InChI=1S/C71H133O24P/c1-5-8-11-14-17-19-21-23-25-26-28-34-39-44-55(73)87-48-52(90-57(75)46-41-36-29-27-24-22-20-18-15-12-9-6-2)49-89-96(85,86)95-69-67(93-70-65(83)60(78)58(76)53(47-72)91-70)63(81)62(80)64(82)68(69)94-71-66(84)61(79)59(77)54(92-71)50-88-56(74)45-40-35-31-30-33-38-43-51(4)42-37-32-16-13-10-7-3/h51-54,58-72,76-84H,5-50H2,1-4H3,(H,85,86). The van der Waals surface area contributed by atoms with E-state index in [0.29, 0.717) is 25.2 Å². The van der Waals surface area contributed by atoms with Crippen LogP contribution in [0.2, 0.25) is 0 Å². The van der Waals surface area contributed by atoms with Crippen LogP contribution in [0.1, 0.15) is 297 Å². The highest BCUT2D eigenvalue weighted by Gasteiger charge is 2.58. The molecule has 1 aliphatic carbocycles. The predicted molar refractivity (Wildman–Crippen MR) is 361 cm³/mol. The quantitative estimate of drug-likeness (QED) is 0.0117. The average molecular weight is 1400 g/mol. The summed E-state index contributed by atoms with van der Waals surface area (Å²) in [5.74, 6) is -1.28. The Labute approximate surface area is 574 Å². The van der Waals surface area contributed by atoms with Gasteiger partial charge in [-0.05, 0) is 25.2 Å². The molecule has 2 aliphatic heterocycles. The lowest BCUT2D eigenvalue weighted by Gasteiger charge is -2.49. The Morgan fingerprint density at radius 1 is 0.396 bits per heavy atom. The summed E-state index contributed by atoms with van der Waals surface area (Å²) in [6, 6.07) is 0. The number of hydrogen-bond donors (Lipinski definition) is 11. The van der Waals surface area contributed by atoms with Crippen molar-refractivity contribution in [1.29, 1.82) is 0 Å². The first-order valence-corrected chi connectivity index (χ1v) is 39.2. The minimum Gasteiger partial charge on any atom is -0.463 e. The van der Waals surface area contributed by atoms with Gasteiger partial charge in [0.15, 0.2) is 18.7 Å². The minimum atomic E-state index is -5.69. The maximum atomic E-state index is 14.3. The lowest BCUT2D eigenvalue weighted by atomic mass is 9.84. The van der Waals surface area contributed by atoms with E-state index >= 15 is 0 Å². The van der Waals surface area contributed by atoms with Crippen LogP contribution in [-0.4, -0.2) is 204 Å². The molecule has 0 bridgehead atoms. The summed E-state index contributed by atoms with van der Waals surface area (Å²) in [5.41, 5.74) is 0. The summed E-state index contributed by atoms with van der Waals surface area (Å²) in [5, 5.41) is 110. The lowest BCUT2D eigenvalue weighted by Crippen LogP contribution is -2.69. The molecule has 2 saturated heterocycles. The van der Waals surface area contributed by atoms with E-state index in [4.69, 9.17) is 42.2 Å². The van der Waals surface area contributed by atoms with E-state index < -0.39 is 156 Å². The highest BCUT2D eigenvalue weighted by Crippen LogP contribution is 2.49. The van der Waals surface area contributed by atoms with Gasteiger partial charge in [0.2, 0.25) is 0 Å². The zero-order valence-electron chi connectivity index (χ0n) is 59.1. The Balaban J connectivity index is 1.73. The molecule has 96 heavy (non-hydrogen) atoms. The first-order chi connectivity index (χ1) is 46.2. The van der Waals surface area contributed by atoms with Crippen LogP contribution in [0.25, 0.3) is 0 Å². The molecule has 0 aromatic carbocycles. The van der Waals surface area contributed by atoms with Crippen molar-refractivity contribution < 1.29 is 117 Å². The van der Waals surface area contributed by atoms with Gasteiger partial charge in [0.25, 0.3) is 0 Å². The van der Waals surface area contributed by atoms with Gasteiger partial charge in [-0.15, -0.1) is 0 Å². The molecule has 0 aromatic heterocycles. The van der Waals surface area contributed by atoms with Gasteiger partial charge in [-0.25, -0.2) is 4.57 Å². The van der Waals surface area contributed by atoms with Crippen LogP contribution < -0.4 is 0 Å². The van der Waals surface area contributed by atoms with Crippen molar-refractivity contribution in [1.82, 2.24) is 0 Å². The number of unbranched alkanes of at least 4 members (excludes halogenated alkanes) is 33. The predicted octanol–water partition coefficient (Wildman–Crippen LogP) is 10.0. The normalized spacial score (nSPS) is 28.2. The average Bonchev–Trinajstić information content (AvgIpc) is 0.775. The van der Waals surface area contributed by atoms with Crippen molar-refractivity contribution >= 4 is 25.7 Å². The molecule has 24 nitrogen and oxygen atoms in total. The van der Waals surface area contributed by atoms with Crippen molar-refractivity contribution in [2.75, 3.05) is 26.4 Å². The molecule has 3 fully saturated rings. The van der Waals surface area contributed by atoms with Gasteiger partial charge in [0, 0.05) is 19.3 Å². The minimum absolute atomic E-state index is 0.0309. The van der Waals surface area contributed by atoms with E-state index in [1.54, 1.807) is 0 Å². The molecule has 0 spiro atoms. The zero-order chi connectivity index (χ0) is 70.5. The van der Waals surface area contributed by atoms with E-state index in [0.717, 1.165) is 89.9 Å². The second-order valence-corrected chi connectivity index (χ2v) is 29.1. The summed E-state index contributed by atoms with van der Waals surface area (Å²) < 4.78 is 65.0. The molecule has 3 aliphatic rings. The molecule has 0 radical (unpaired) electrons. The number of phosphoric ester groups is 1. The second-order valence-electron chi connectivity index (χ2n) is 27.7. The van der Waals surface area contributed by atoms with Crippen LogP contribution in [-0.2, 0) is 61.2 Å². The molecule has 1 saturated carbocycles. The fraction of sp³-hybridized carbons (Fsp3) is 0.958. The van der Waals surface area contributed by atoms with E-state index in [9.17, 15) is 74.9 Å². The maximum absolute atomic E-state index is 14.3. The summed E-state index contributed by atoms with van der Waals surface area (Å²) in [6.45, 7) is 5.77. The fourth-order valence-electron chi connectivity index (χ4n) is 12.8. The van der Waals surface area contributed by atoms with Crippen LogP contribution in [0, 0.1) is 5.92 Å². The van der Waals surface area contributed by atoms with Gasteiger partial charge in [-0.2, -0.15) is 0 Å². The molecule has 0 aromatic rings. The van der Waals surface area contributed by atoms with Crippen LogP contribution in [0.3, 0.4) is 0 Å². The van der Waals surface area contributed by atoms with Gasteiger partial charge < -0.3 is 89.1 Å². The second kappa shape index (κ2) is 52.9. The molecule has 3 rings (SSSR count). The Hall–Kier alpha value is -2.04. The van der Waals surface area contributed by atoms with Crippen LogP contribution in [0.15, 0.2) is 0 Å². The number of aliphatic hydroxyl groups excluding tert-OH is 10. The number of hydrogen-bond acceptors (Lipinski definition) is 23. The first-order valence-electron chi connectivity index (χ1n) is 37.7. The number of carbonyl (C=O) groups is 3. The third-order valence-corrected chi connectivity index (χ3v) is 20.0. The topological polar surface area (TPSA) is 374 Å². The largest absolute Gasteiger partial charge is 0.472 e. The third-order valence-electron chi connectivity index (χ3n) is 19.0. The number of phosphoric acid groups is 1.